The molecule has 1 aliphatic heterocycles. The number of para-hydroxylation sites is 1. The Hall–Kier alpha value is -4.13. The van der Waals surface area contributed by atoms with Crippen molar-refractivity contribution in [2.75, 3.05) is 18.0 Å². The number of aromatic nitrogens is 2. The summed E-state index contributed by atoms with van der Waals surface area (Å²) in [5.74, 6) is 1.35. The maximum Gasteiger partial charge on any atom is 0.407 e. The topological polar surface area (TPSA) is 89.8 Å². The first kappa shape index (κ1) is 22.7. The van der Waals surface area contributed by atoms with E-state index in [0.717, 1.165) is 47.2 Å². The minimum absolute atomic E-state index is 0.127. The third-order valence-corrected chi connectivity index (χ3v) is 6.56. The van der Waals surface area contributed by atoms with Gasteiger partial charge in [0.05, 0.1) is 17.1 Å². The molecule has 178 valence electrons. The number of piperidine rings is 1. The number of hydrogen-bond donors (Lipinski definition) is 2. The third-order valence-electron chi connectivity index (χ3n) is 6.56. The lowest BCUT2D eigenvalue weighted by Gasteiger charge is -2.39. The summed E-state index contributed by atoms with van der Waals surface area (Å²) < 4.78 is 0. The Bertz CT molecular complexity index is 1360. The van der Waals surface area contributed by atoms with Crippen LogP contribution in [-0.4, -0.2) is 50.3 Å². The molecule has 0 saturated carbocycles. The molecule has 0 spiro atoms. The summed E-state index contributed by atoms with van der Waals surface area (Å²) in [5.41, 5.74) is 3.43. The van der Waals surface area contributed by atoms with Crippen LogP contribution in [0.3, 0.4) is 0 Å². The van der Waals surface area contributed by atoms with Crippen LogP contribution in [0.25, 0.3) is 22.3 Å². The largest absolute Gasteiger partial charge is 0.507 e. The summed E-state index contributed by atoms with van der Waals surface area (Å²) in [4.78, 5) is 25.6. The zero-order valence-corrected chi connectivity index (χ0v) is 19.6. The molecular formula is C28H28N4O3. The molecule has 1 amide bonds. The average molecular weight is 469 g/mol. The minimum atomic E-state index is -0.918. The highest BCUT2D eigenvalue weighted by molar-refractivity contribution is 5.92. The van der Waals surface area contributed by atoms with Crippen molar-refractivity contribution in [2.45, 2.75) is 32.4 Å². The zero-order valence-electron chi connectivity index (χ0n) is 19.6. The fourth-order valence-electron chi connectivity index (χ4n) is 4.78. The molecule has 0 radical (unpaired) electrons. The van der Waals surface area contributed by atoms with Crippen LogP contribution < -0.4 is 4.90 Å². The van der Waals surface area contributed by atoms with Crippen molar-refractivity contribution < 1.29 is 15.0 Å². The summed E-state index contributed by atoms with van der Waals surface area (Å²) in [7, 11) is 0. The van der Waals surface area contributed by atoms with Crippen molar-refractivity contribution in [1.82, 2.24) is 14.9 Å². The molecule has 7 heteroatoms. The Balaban J connectivity index is 1.52. The van der Waals surface area contributed by atoms with E-state index in [9.17, 15) is 15.0 Å². The van der Waals surface area contributed by atoms with Gasteiger partial charge in [-0.05, 0) is 55.2 Å². The van der Waals surface area contributed by atoms with Crippen molar-refractivity contribution in [1.29, 1.82) is 0 Å². The van der Waals surface area contributed by atoms with Crippen LogP contribution in [0.1, 0.15) is 24.0 Å². The number of phenolic OH excluding ortho intramolecular Hbond substituents is 1. The van der Waals surface area contributed by atoms with Crippen molar-refractivity contribution in [3.63, 3.8) is 0 Å². The number of phenols is 1. The van der Waals surface area contributed by atoms with E-state index >= 15 is 0 Å². The van der Waals surface area contributed by atoms with Crippen molar-refractivity contribution in [3.05, 3.63) is 83.9 Å². The number of amides is 1. The fraction of sp³-hybridized carbons (Fsp3) is 0.250. The predicted octanol–water partition coefficient (Wildman–Crippen LogP) is 5.46. The monoisotopic (exact) mass is 468 g/mol. The van der Waals surface area contributed by atoms with Crippen LogP contribution >= 0.6 is 0 Å². The van der Waals surface area contributed by atoms with E-state index in [-0.39, 0.29) is 11.8 Å². The predicted molar refractivity (Wildman–Crippen MR) is 137 cm³/mol. The van der Waals surface area contributed by atoms with Crippen LogP contribution in [0.15, 0.2) is 72.8 Å². The van der Waals surface area contributed by atoms with E-state index < -0.39 is 6.09 Å². The SMILES string of the molecule is Cc1ccc2c(N3CCC[C@H](N(Cc4ccccc4)C(=O)O)C3)nc(-c3ccccc3O)nc2c1. The van der Waals surface area contributed by atoms with E-state index in [0.29, 0.717) is 24.5 Å². The number of carbonyl (C=O) groups is 1. The molecule has 0 unspecified atom stereocenters. The van der Waals surface area contributed by atoms with Crippen molar-refractivity contribution >= 4 is 22.8 Å². The molecule has 1 saturated heterocycles. The molecule has 35 heavy (non-hydrogen) atoms. The number of aromatic hydroxyl groups is 1. The van der Waals surface area contributed by atoms with E-state index in [4.69, 9.17) is 9.97 Å². The first-order valence-electron chi connectivity index (χ1n) is 11.8. The lowest BCUT2D eigenvalue weighted by molar-refractivity contribution is 0.114. The number of hydrogen-bond acceptors (Lipinski definition) is 5. The number of carboxylic acid groups (broad SMARTS) is 1. The molecule has 2 N–H and O–H groups in total. The summed E-state index contributed by atoms with van der Waals surface area (Å²) >= 11 is 0. The van der Waals surface area contributed by atoms with Gasteiger partial charge < -0.3 is 15.1 Å². The lowest BCUT2D eigenvalue weighted by atomic mass is 10.0. The Morgan fingerprint density at radius 1 is 1.06 bits per heavy atom. The molecule has 0 aliphatic carbocycles. The Kier molecular flexibility index (Phi) is 6.23. The Morgan fingerprint density at radius 3 is 2.60 bits per heavy atom. The van der Waals surface area contributed by atoms with Crippen LogP contribution in [-0.2, 0) is 6.54 Å². The highest BCUT2D eigenvalue weighted by Gasteiger charge is 2.30. The number of rotatable bonds is 5. The smallest absolute Gasteiger partial charge is 0.407 e. The van der Waals surface area contributed by atoms with Gasteiger partial charge in [0.25, 0.3) is 0 Å². The third kappa shape index (κ3) is 4.75. The van der Waals surface area contributed by atoms with Gasteiger partial charge in [0.15, 0.2) is 5.82 Å². The Morgan fingerprint density at radius 2 is 1.83 bits per heavy atom. The second kappa shape index (κ2) is 9.62. The summed E-state index contributed by atoms with van der Waals surface area (Å²) in [5, 5.41) is 21.4. The molecule has 3 aromatic carbocycles. The van der Waals surface area contributed by atoms with Gasteiger partial charge >= 0.3 is 6.09 Å². The highest BCUT2D eigenvalue weighted by Crippen LogP contribution is 2.33. The van der Waals surface area contributed by atoms with Gasteiger partial charge in [0, 0.05) is 25.0 Å². The minimum Gasteiger partial charge on any atom is -0.507 e. The van der Waals surface area contributed by atoms with E-state index in [1.165, 1.54) is 0 Å². The van der Waals surface area contributed by atoms with Crippen molar-refractivity contribution in [2.24, 2.45) is 0 Å². The van der Waals surface area contributed by atoms with Crippen LogP contribution in [0, 0.1) is 6.92 Å². The number of fused-ring (bicyclic) bond motifs is 1. The normalized spacial score (nSPS) is 15.8. The van der Waals surface area contributed by atoms with Gasteiger partial charge in [-0.3, -0.25) is 4.90 Å². The molecule has 0 bridgehead atoms. The molecule has 7 nitrogen and oxygen atoms in total. The van der Waals surface area contributed by atoms with Crippen LogP contribution in [0.5, 0.6) is 5.75 Å². The van der Waals surface area contributed by atoms with E-state index in [1.807, 2.05) is 61.5 Å². The van der Waals surface area contributed by atoms with Gasteiger partial charge in [-0.2, -0.15) is 0 Å². The summed E-state index contributed by atoms with van der Waals surface area (Å²) in [6, 6.07) is 22.7. The first-order valence-corrected chi connectivity index (χ1v) is 11.8. The molecule has 1 aliphatic rings. The van der Waals surface area contributed by atoms with Gasteiger partial charge in [0.2, 0.25) is 0 Å². The first-order chi connectivity index (χ1) is 17.0. The second-order valence-electron chi connectivity index (χ2n) is 9.05. The van der Waals surface area contributed by atoms with E-state index in [2.05, 4.69) is 4.90 Å². The zero-order chi connectivity index (χ0) is 24.4. The van der Waals surface area contributed by atoms with Gasteiger partial charge in [-0.1, -0.05) is 48.5 Å². The lowest BCUT2D eigenvalue weighted by Crippen LogP contribution is -2.49. The highest BCUT2D eigenvalue weighted by atomic mass is 16.4. The second-order valence-corrected chi connectivity index (χ2v) is 9.05. The standard InChI is InChI=1S/C28H28N4O3/c1-19-13-14-22-24(16-19)29-26(23-11-5-6-12-25(23)33)30-27(22)31-15-7-10-21(18-31)32(28(34)35)17-20-8-3-2-4-9-20/h2-6,8-9,11-14,16,21,33H,7,10,15,17-18H2,1H3,(H,34,35)/t21-/m0/s1. The van der Waals surface area contributed by atoms with E-state index in [1.54, 1.807) is 23.1 Å². The molecule has 1 fully saturated rings. The number of benzene rings is 3. The number of anilines is 1. The van der Waals surface area contributed by atoms with Gasteiger partial charge in [-0.25, -0.2) is 14.8 Å². The number of nitrogens with zero attached hydrogens (tertiary/aromatic N) is 4. The van der Waals surface area contributed by atoms with Gasteiger partial charge in [0.1, 0.15) is 11.6 Å². The summed E-state index contributed by atoms with van der Waals surface area (Å²) in [6.07, 6.45) is 0.732. The van der Waals surface area contributed by atoms with Gasteiger partial charge in [-0.15, -0.1) is 0 Å². The maximum atomic E-state index is 12.2. The van der Waals surface area contributed by atoms with Crippen LogP contribution in [0.4, 0.5) is 10.6 Å². The van der Waals surface area contributed by atoms with Crippen LogP contribution in [0.2, 0.25) is 0 Å². The molecule has 1 aromatic heterocycles. The average Bonchev–Trinajstić information content (AvgIpc) is 2.87. The molecule has 5 rings (SSSR count). The Labute approximate surface area is 204 Å². The fourth-order valence-corrected chi connectivity index (χ4v) is 4.78. The molecule has 4 aromatic rings. The summed E-state index contributed by atoms with van der Waals surface area (Å²) in [6.45, 7) is 3.68. The maximum absolute atomic E-state index is 12.2. The molecule has 2 heterocycles. The van der Waals surface area contributed by atoms with Crippen molar-refractivity contribution in [3.8, 4) is 17.1 Å². The number of aryl methyl sites for hydroxylation is 1. The molecular weight excluding hydrogens is 440 g/mol. The quantitative estimate of drug-likeness (QED) is 0.404. The molecule has 1 atom stereocenters.